The molecule has 1 aliphatic heterocycles. The third-order valence-corrected chi connectivity index (χ3v) is 5.77. The van der Waals surface area contributed by atoms with Gasteiger partial charge in [-0.3, -0.25) is 14.5 Å². The van der Waals surface area contributed by atoms with E-state index >= 15 is 0 Å². The van der Waals surface area contributed by atoms with Crippen LogP contribution >= 0.6 is 11.6 Å². The summed E-state index contributed by atoms with van der Waals surface area (Å²) in [6, 6.07) is 4.41. The minimum atomic E-state index is -0.658. The van der Waals surface area contributed by atoms with Gasteiger partial charge in [0.15, 0.2) is 11.6 Å². The van der Waals surface area contributed by atoms with Crippen molar-refractivity contribution in [3.05, 3.63) is 81.4 Å². The van der Waals surface area contributed by atoms with Crippen LogP contribution in [-0.2, 0) is 13.0 Å². The van der Waals surface area contributed by atoms with E-state index in [-0.39, 0.29) is 34.0 Å². The van der Waals surface area contributed by atoms with Crippen LogP contribution in [0.3, 0.4) is 0 Å². The molecule has 0 atom stereocenters. The number of aromatic amines is 1. The zero-order valence-corrected chi connectivity index (χ0v) is 18.4. The summed E-state index contributed by atoms with van der Waals surface area (Å²) in [6.45, 7) is 6.05. The zero-order chi connectivity index (χ0) is 22.7. The highest BCUT2D eigenvalue weighted by Gasteiger charge is 2.22. The number of halogens is 2. The summed E-state index contributed by atoms with van der Waals surface area (Å²) in [5.41, 5.74) is 1.22. The Labute approximate surface area is 190 Å². The van der Waals surface area contributed by atoms with Crippen LogP contribution in [0.15, 0.2) is 36.8 Å². The number of nitrogens with one attached hydrogen (secondary N) is 2. The number of Topliss-reactive ketones (excluding diaryl/α,β-unsaturated/α-hetero) is 1. The van der Waals surface area contributed by atoms with Crippen molar-refractivity contribution in [1.29, 1.82) is 0 Å². The molecule has 0 radical (unpaired) electrons. The molecule has 3 heterocycles. The van der Waals surface area contributed by atoms with E-state index in [4.69, 9.17) is 11.6 Å². The Balaban J connectivity index is 1.42. The molecule has 0 amide bonds. The Bertz CT molecular complexity index is 1140. The second kappa shape index (κ2) is 9.68. The minimum absolute atomic E-state index is 0.0326. The van der Waals surface area contributed by atoms with Crippen molar-refractivity contribution in [2.24, 2.45) is 0 Å². The van der Waals surface area contributed by atoms with Crippen LogP contribution in [0.2, 0.25) is 5.02 Å². The molecule has 3 aromatic rings. The van der Waals surface area contributed by atoms with Gasteiger partial charge < -0.3 is 10.3 Å². The van der Waals surface area contributed by atoms with E-state index in [1.165, 1.54) is 24.4 Å². The number of nitrogens with zero attached hydrogens (tertiary/aromatic N) is 3. The van der Waals surface area contributed by atoms with Gasteiger partial charge in [0, 0.05) is 56.8 Å². The monoisotopic (exact) mass is 455 g/mol. The van der Waals surface area contributed by atoms with Crippen molar-refractivity contribution in [2.45, 2.75) is 19.9 Å². The summed E-state index contributed by atoms with van der Waals surface area (Å²) in [5.74, 6) is -0.743. The second-order valence-electron chi connectivity index (χ2n) is 7.82. The minimum Gasteiger partial charge on any atom is -0.358 e. The van der Waals surface area contributed by atoms with E-state index in [1.54, 1.807) is 19.3 Å². The quantitative estimate of drug-likeness (QED) is 0.532. The Hall–Kier alpha value is -2.94. The van der Waals surface area contributed by atoms with Crippen LogP contribution in [0.1, 0.15) is 43.4 Å². The maximum absolute atomic E-state index is 14.4. The van der Waals surface area contributed by atoms with Crippen molar-refractivity contribution in [3.63, 3.8) is 0 Å². The first-order valence-electron chi connectivity index (χ1n) is 10.4. The van der Waals surface area contributed by atoms with Gasteiger partial charge in [-0.25, -0.2) is 14.4 Å². The van der Waals surface area contributed by atoms with E-state index in [9.17, 15) is 14.0 Å². The molecule has 1 saturated heterocycles. The van der Waals surface area contributed by atoms with Crippen LogP contribution < -0.4 is 5.32 Å². The summed E-state index contributed by atoms with van der Waals surface area (Å²) in [5, 5.41) is 3.34. The third kappa shape index (κ3) is 4.93. The number of aromatic nitrogens is 3. The number of piperazine rings is 1. The molecule has 0 aliphatic carbocycles. The fourth-order valence-corrected chi connectivity index (χ4v) is 3.83. The van der Waals surface area contributed by atoms with Crippen LogP contribution in [0, 0.1) is 12.7 Å². The molecule has 166 valence electrons. The number of benzene rings is 1. The van der Waals surface area contributed by atoms with Gasteiger partial charge in [-0.1, -0.05) is 17.7 Å². The first kappa shape index (κ1) is 22.3. The molecule has 1 aliphatic rings. The van der Waals surface area contributed by atoms with Gasteiger partial charge >= 0.3 is 0 Å². The summed E-state index contributed by atoms with van der Waals surface area (Å²) >= 11 is 6.04. The van der Waals surface area contributed by atoms with E-state index in [0.29, 0.717) is 23.5 Å². The molecule has 0 spiro atoms. The summed E-state index contributed by atoms with van der Waals surface area (Å²) < 4.78 is 14.4. The lowest BCUT2D eigenvalue weighted by molar-refractivity contribution is 0.0988. The molecular formula is C23H23ClFN5O2. The molecule has 0 unspecified atom stereocenters. The lowest BCUT2D eigenvalue weighted by Crippen LogP contribution is -2.43. The number of carbonyl (C=O) groups is 2. The predicted octanol–water partition coefficient (Wildman–Crippen LogP) is 2.97. The molecule has 7 nitrogen and oxygen atoms in total. The molecule has 0 bridgehead atoms. The Morgan fingerprint density at radius 1 is 1.19 bits per heavy atom. The normalized spacial score (nSPS) is 14.5. The highest BCUT2D eigenvalue weighted by atomic mass is 35.5. The molecule has 9 heteroatoms. The molecule has 1 aromatic carbocycles. The fourth-order valence-electron chi connectivity index (χ4n) is 3.60. The molecule has 4 rings (SSSR count). The van der Waals surface area contributed by atoms with Crippen molar-refractivity contribution in [2.75, 3.05) is 26.2 Å². The van der Waals surface area contributed by atoms with Crippen LogP contribution in [-0.4, -0.2) is 57.6 Å². The SMILES string of the molecule is Cc1ccc(Cl)c(C(=O)c2c[nH]c(C(=O)Cc3cnc(CN4CCNCC4)nc3)c2)c1F. The summed E-state index contributed by atoms with van der Waals surface area (Å²) in [6.07, 6.45) is 4.78. The standard InChI is InChI=1S/C23H23ClFN5O2/c1-14-2-3-17(24)21(22(14)25)23(32)16-9-18(27-12-16)19(31)8-15-10-28-20(29-11-15)13-30-6-4-26-5-7-30/h2-3,9-12,26-27H,4-8,13H2,1H3. The average molecular weight is 456 g/mol. The predicted molar refractivity (Wildman–Crippen MR) is 119 cm³/mol. The van der Waals surface area contributed by atoms with Gasteiger partial charge in [0.1, 0.15) is 11.6 Å². The van der Waals surface area contributed by atoms with Gasteiger partial charge in [0.2, 0.25) is 0 Å². The second-order valence-corrected chi connectivity index (χ2v) is 8.23. The van der Waals surface area contributed by atoms with E-state index in [2.05, 4.69) is 25.2 Å². The first-order valence-corrected chi connectivity index (χ1v) is 10.7. The van der Waals surface area contributed by atoms with Crippen LogP contribution in [0.5, 0.6) is 0 Å². The lowest BCUT2D eigenvalue weighted by Gasteiger charge is -2.26. The van der Waals surface area contributed by atoms with Gasteiger partial charge in [0.05, 0.1) is 22.8 Å². The van der Waals surface area contributed by atoms with Gasteiger partial charge in [-0.05, 0) is 30.2 Å². The molecule has 2 N–H and O–H groups in total. The van der Waals surface area contributed by atoms with Gasteiger partial charge in [0.25, 0.3) is 0 Å². The van der Waals surface area contributed by atoms with E-state index in [1.807, 2.05) is 0 Å². The van der Waals surface area contributed by atoms with Crippen LogP contribution in [0.25, 0.3) is 0 Å². The zero-order valence-electron chi connectivity index (χ0n) is 17.6. The average Bonchev–Trinajstić information content (AvgIpc) is 3.29. The van der Waals surface area contributed by atoms with Crippen molar-refractivity contribution in [1.82, 2.24) is 25.2 Å². The molecule has 32 heavy (non-hydrogen) atoms. The van der Waals surface area contributed by atoms with Crippen molar-refractivity contribution >= 4 is 23.2 Å². The van der Waals surface area contributed by atoms with E-state index < -0.39 is 11.6 Å². The maximum atomic E-state index is 14.4. The number of aryl methyl sites for hydroxylation is 1. The maximum Gasteiger partial charge on any atom is 0.199 e. The fraction of sp³-hybridized carbons (Fsp3) is 0.304. The number of H-pyrrole nitrogens is 1. The van der Waals surface area contributed by atoms with E-state index in [0.717, 1.165) is 26.2 Å². The molecule has 0 saturated carbocycles. The lowest BCUT2D eigenvalue weighted by atomic mass is 10.0. The number of hydrogen-bond acceptors (Lipinski definition) is 6. The van der Waals surface area contributed by atoms with Crippen LogP contribution in [0.4, 0.5) is 4.39 Å². The Morgan fingerprint density at radius 2 is 1.91 bits per heavy atom. The smallest absolute Gasteiger partial charge is 0.199 e. The molecule has 1 fully saturated rings. The Kier molecular flexibility index (Phi) is 6.74. The number of carbonyl (C=O) groups excluding carboxylic acids is 2. The number of hydrogen-bond donors (Lipinski definition) is 2. The summed E-state index contributed by atoms with van der Waals surface area (Å²) in [4.78, 5) is 39.2. The highest BCUT2D eigenvalue weighted by molar-refractivity contribution is 6.35. The number of rotatable bonds is 7. The largest absolute Gasteiger partial charge is 0.358 e. The van der Waals surface area contributed by atoms with Crippen molar-refractivity contribution in [3.8, 4) is 0 Å². The molecule has 2 aromatic heterocycles. The Morgan fingerprint density at radius 3 is 2.62 bits per heavy atom. The highest BCUT2D eigenvalue weighted by Crippen LogP contribution is 2.25. The topological polar surface area (TPSA) is 91.0 Å². The first-order chi connectivity index (χ1) is 15.4. The summed E-state index contributed by atoms with van der Waals surface area (Å²) in [7, 11) is 0. The third-order valence-electron chi connectivity index (χ3n) is 5.45. The van der Waals surface area contributed by atoms with Gasteiger partial charge in [-0.15, -0.1) is 0 Å². The molecular weight excluding hydrogens is 433 g/mol. The number of ketones is 2. The van der Waals surface area contributed by atoms with Gasteiger partial charge in [-0.2, -0.15) is 0 Å². The van der Waals surface area contributed by atoms with Crippen molar-refractivity contribution < 1.29 is 14.0 Å².